The number of halogens is 1. The summed E-state index contributed by atoms with van der Waals surface area (Å²) >= 11 is 6.13. The first-order valence-corrected chi connectivity index (χ1v) is 8.71. The molecule has 0 fully saturated rings. The Bertz CT molecular complexity index is 1000. The second kappa shape index (κ2) is 8.51. The molecule has 2 aromatic carbocycles. The van der Waals surface area contributed by atoms with Crippen molar-refractivity contribution >= 4 is 17.6 Å². The molecule has 6 nitrogen and oxygen atoms in total. The molecule has 3 rings (SSSR count). The van der Waals surface area contributed by atoms with Crippen molar-refractivity contribution in [3.05, 3.63) is 87.3 Å². The lowest BCUT2D eigenvalue weighted by molar-refractivity contribution is 0.0511. The third-order valence-electron chi connectivity index (χ3n) is 3.71. The highest BCUT2D eigenvalue weighted by Gasteiger charge is 2.20. The van der Waals surface area contributed by atoms with Crippen molar-refractivity contribution in [2.45, 2.75) is 13.5 Å². The van der Waals surface area contributed by atoms with Crippen LogP contribution < -0.4 is 10.3 Å². The smallest absolute Gasteiger partial charge is 0.362 e. The molecule has 0 unspecified atom stereocenters. The van der Waals surface area contributed by atoms with E-state index in [-0.39, 0.29) is 24.7 Å². The van der Waals surface area contributed by atoms with E-state index in [0.717, 1.165) is 10.2 Å². The van der Waals surface area contributed by atoms with Crippen LogP contribution in [0.15, 0.2) is 65.5 Å². The maximum Gasteiger partial charge on any atom is 0.362 e. The van der Waals surface area contributed by atoms with Gasteiger partial charge in [0.15, 0.2) is 5.75 Å². The number of aromatic nitrogens is 2. The fraction of sp³-hybridized carbons (Fsp3) is 0.150. The van der Waals surface area contributed by atoms with Crippen LogP contribution in [0.3, 0.4) is 0 Å². The molecule has 0 N–H and O–H groups in total. The van der Waals surface area contributed by atoms with Crippen LogP contribution in [0.4, 0.5) is 0 Å². The van der Waals surface area contributed by atoms with E-state index in [9.17, 15) is 9.59 Å². The number of para-hydroxylation sites is 1. The number of carbonyl (C=O) groups excluding carboxylic acids is 1. The van der Waals surface area contributed by atoms with Crippen molar-refractivity contribution in [2.75, 3.05) is 6.61 Å². The van der Waals surface area contributed by atoms with Crippen LogP contribution in [0.1, 0.15) is 23.0 Å². The summed E-state index contributed by atoms with van der Waals surface area (Å²) in [6, 6.07) is 17.2. The van der Waals surface area contributed by atoms with E-state index in [1.54, 1.807) is 49.4 Å². The van der Waals surface area contributed by atoms with Gasteiger partial charge in [-0.3, -0.25) is 4.79 Å². The third-order valence-corrected chi connectivity index (χ3v) is 4.08. The summed E-state index contributed by atoms with van der Waals surface area (Å²) in [7, 11) is 0. The van der Waals surface area contributed by atoms with Gasteiger partial charge >= 0.3 is 5.97 Å². The molecule has 138 valence electrons. The zero-order valence-electron chi connectivity index (χ0n) is 14.6. The Balaban J connectivity index is 1.99. The Morgan fingerprint density at radius 2 is 1.81 bits per heavy atom. The summed E-state index contributed by atoms with van der Waals surface area (Å²) in [5.41, 5.74) is 0.752. The lowest BCUT2D eigenvalue weighted by Gasteiger charge is -2.13. The second-order valence-electron chi connectivity index (χ2n) is 5.54. The van der Waals surface area contributed by atoms with Gasteiger partial charge in [0.25, 0.3) is 5.56 Å². The molecule has 0 bridgehead atoms. The van der Waals surface area contributed by atoms with E-state index in [1.165, 1.54) is 6.07 Å². The molecule has 27 heavy (non-hydrogen) atoms. The van der Waals surface area contributed by atoms with Crippen LogP contribution in [-0.4, -0.2) is 22.4 Å². The molecule has 0 aliphatic carbocycles. The highest BCUT2D eigenvalue weighted by Crippen LogP contribution is 2.21. The Hall–Kier alpha value is -3.12. The van der Waals surface area contributed by atoms with E-state index in [4.69, 9.17) is 21.1 Å². The topological polar surface area (TPSA) is 70.4 Å². The summed E-state index contributed by atoms with van der Waals surface area (Å²) in [5.74, 6) is -0.623. The van der Waals surface area contributed by atoms with Gasteiger partial charge in [0.2, 0.25) is 5.69 Å². The zero-order chi connectivity index (χ0) is 19.2. The Morgan fingerprint density at radius 3 is 2.52 bits per heavy atom. The SMILES string of the molecule is CCOC(=O)c1nn(-c2ccccc2)c(=O)cc1OCc1ccccc1Cl. The number of hydrogen-bond acceptors (Lipinski definition) is 5. The molecule has 0 amide bonds. The highest BCUT2D eigenvalue weighted by molar-refractivity contribution is 6.31. The largest absolute Gasteiger partial charge is 0.486 e. The van der Waals surface area contributed by atoms with Crippen molar-refractivity contribution in [1.82, 2.24) is 9.78 Å². The molecule has 0 radical (unpaired) electrons. The normalized spacial score (nSPS) is 10.4. The van der Waals surface area contributed by atoms with Gasteiger partial charge in [-0.15, -0.1) is 0 Å². The first kappa shape index (κ1) is 18.7. The molecule has 7 heteroatoms. The zero-order valence-corrected chi connectivity index (χ0v) is 15.3. The molecular formula is C20H17ClN2O4. The predicted molar refractivity (Wildman–Crippen MR) is 102 cm³/mol. The maximum absolute atomic E-state index is 12.5. The molecule has 1 aromatic heterocycles. The van der Waals surface area contributed by atoms with Gasteiger partial charge in [-0.2, -0.15) is 9.78 Å². The maximum atomic E-state index is 12.5. The number of esters is 1. The molecule has 0 aliphatic heterocycles. The van der Waals surface area contributed by atoms with Crippen LogP contribution >= 0.6 is 11.6 Å². The Morgan fingerprint density at radius 1 is 1.11 bits per heavy atom. The molecule has 0 saturated carbocycles. The second-order valence-corrected chi connectivity index (χ2v) is 5.95. The number of carbonyl (C=O) groups is 1. The van der Waals surface area contributed by atoms with Crippen molar-refractivity contribution in [1.29, 1.82) is 0 Å². The van der Waals surface area contributed by atoms with Crippen molar-refractivity contribution in [3.8, 4) is 11.4 Å². The molecular weight excluding hydrogens is 368 g/mol. The van der Waals surface area contributed by atoms with Gasteiger partial charge in [0.05, 0.1) is 18.4 Å². The number of nitrogens with zero attached hydrogens (tertiary/aromatic N) is 2. The Labute approximate surface area is 160 Å². The number of rotatable bonds is 6. The third kappa shape index (κ3) is 4.35. The molecule has 3 aromatic rings. The first-order valence-electron chi connectivity index (χ1n) is 8.33. The fourth-order valence-electron chi connectivity index (χ4n) is 2.42. The highest BCUT2D eigenvalue weighted by atomic mass is 35.5. The molecule has 0 aliphatic rings. The lowest BCUT2D eigenvalue weighted by Crippen LogP contribution is -2.25. The minimum absolute atomic E-state index is 0.0468. The van der Waals surface area contributed by atoms with Gasteiger partial charge in [-0.25, -0.2) is 4.79 Å². The summed E-state index contributed by atoms with van der Waals surface area (Å²) in [4.78, 5) is 24.8. The van der Waals surface area contributed by atoms with E-state index >= 15 is 0 Å². The van der Waals surface area contributed by atoms with Gasteiger partial charge in [-0.1, -0.05) is 48.0 Å². The summed E-state index contributed by atoms with van der Waals surface area (Å²) in [6.07, 6.45) is 0. The minimum atomic E-state index is -0.670. The quantitative estimate of drug-likeness (QED) is 0.607. The van der Waals surface area contributed by atoms with Gasteiger partial charge in [0.1, 0.15) is 6.61 Å². The molecule has 0 saturated heterocycles. The van der Waals surface area contributed by atoms with E-state index in [0.29, 0.717) is 10.7 Å². The average molecular weight is 385 g/mol. The van der Waals surface area contributed by atoms with E-state index < -0.39 is 11.5 Å². The van der Waals surface area contributed by atoms with Gasteiger partial charge in [-0.05, 0) is 25.1 Å². The van der Waals surface area contributed by atoms with Crippen molar-refractivity contribution in [2.24, 2.45) is 0 Å². The molecule has 0 spiro atoms. The van der Waals surface area contributed by atoms with Gasteiger partial charge < -0.3 is 9.47 Å². The Kier molecular flexibility index (Phi) is 5.88. The van der Waals surface area contributed by atoms with Crippen LogP contribution in [-0.2, 0) is 11.3 Å². The first-order chi connectivity index (χ1) is 13.1. The van der Waals surface area contributed by atoms with Crippen molar-refractivity contribution < 1.29 is 14.3 Å². The molecule has 0 atom stereocenters. The number of hydrogen-bond donors (Lipinski definition) is 0. The van der Waals surface area contributed by atoms with Crippen LogP contribution in [0.25, 0.3) is 5.69 Å². The van der Waals surface area contributed by atoms with Crippen molar-refractivity contribution in [3.63, 3.8) is 0 Å². The summed E-state index contributed by atoms with van der Waals surface area (Å²) < 4.78 is 11.9. The monoisotopic (exact) mass is 384 g/mol. The standard InChI is InChI=1S/C20H17ClN2O4/c1-2-26-20(25)19-17(27-13-14-8-6-7-11-16(14)21)12-18(24)23(22-19)15-9-4-3-5-10-15/h3-12H,2,13H2,1H3. The lowest BCUT2D eigenvalue weighted by atomic mass is 10.2. The van der Waals surface area contributed by atoms with Crippen LogP contribution in [0, 0.1) is 0 Å². The number of ether oxygens (including phenoxy) is 2. The van der Waals surface area contributed by atoms with E-state index in [2.05, 4.69) is 5.10 Å². The number of benzene rings is 2. The van der Waals surface area contributed by atoms with E-state index in [1.807, 2.05) is 12.1 Å². The predicted octanol–water partition coefficient (Wildman–Crippen LogP) is 3.64. The van der Waals surface area contributed by atoms with Crippen LogP contribution in [0.2, 0.25) is 5.02 Å². The molecule has 1 heterocycles. The minimum Gasteiger partial charge on any atom is -0.486 e. The average Bonchev–Trinajstić information content (AvgIpc) is 2.68. The summed E-state index contributed by atoms with van der Waals surface area (Å²) in [6.45, 7) is 1.95. The van der Waals surface area contributed by atoms with Gasteiger partial charge in [0, 0.05) is 10.6 Å². The fourth-order valence-corrected chi connectivity index (χ4v) is 2.61. The van der Waals surface area contributed by atoms with Crippen LogP contribution in [0.5, 0.6) is 5.75 Å². The summed E-state index contributed by atoms with van der Waals surface area (Å²) in [5, 5.41) is 4.70.